The number of ether oxygens (including phenoxy) is 1. The Morgan fingerprint density at radius 3 is 2.23 bits per heavy atom. The molecule has 210 valence electrons. The molecule has 1 N–H and O–H groups in total. The van der Waals surface area contributed by atoms with E-state index in [1.54, 1.807) is 11.0 Å². The molecule has 3 aromatic carbocycles. The monoisotopic (exact) mass is 561 g/mol. The third kappa shape index (κ3) is 5.62. The van der Waals surface area contributed by atoms with Crippen LogP contribution in [0.2, 0.25) is 0 Å². The molecule has 8 nitrogen and oxygen atoms in total. The topological polar surface area (TPSA) is 96.0 Å². The molecule has 1 saturated heterocycles. The van der Waals surface area contributed by atoms with E-state index >= 15 is 0 Å². The van der Waals surface area contributed by atoms with E-state index in [0.29, 0.717) is 35.7 Å². The Bertz CT molecular complexity index is 1490. The first-order chi connectivity index (χ1) is 19.1. The Kier molecular flexibility index (Phi) is 7.96. The van der Waals surface area contributed by atoms with Crippen molar-refractivity contribution in [1.82, 2.24) is 9.62 Å². The molecule has 1 atom stereocenters. The summed E-state index contributed by atoms with van der Waals surface area (Å²) in [4.78, 5) is 28.8. The molecule has 0 aliphatic carbocycles. The van der Waals surface area contributed by atoms with Crippen LogP contribution < -0.4 is 15.0 Å². The SMILES string of the molecule is Cc1cc(C)c(S(=O)(=O)N2CCC(C(=O)N3C[C@@H](C(=O)NCc4ccccc4)Oc4ccccc43)CC2)c(C)c1. The van der Waals surface area contributed by atoms with Gasteiger partial charge in [-0.2, -0.15) is 4.31 Å². The number of nitrogens with one attached hydrogen (secondary N) is 1. The van der Waals surface area contributed by atoms with Gasteiger partial charge in [0.2, 0.25) is 15.9 Å². The first-order valence-corrected chi connectivity index (χ1v) is 15.1. The number of carbonyl (C=O) groups excluding carboxylic acids is 2. The number of rotatable bonds is 6. The van der Waals surface area contributed by atoms with Crippen molar-refractivity contribution in [3.8, 4) is 5.75 Å². The van der Waals surface area contributed by atoms with Gasteiger partial charge in [0.25, 0.3) is 5.91 Å². The number of piperidine rings is 1. The van der Waals surface area contributed by atoms with Gasteiger partial charge < -0.3 is 15.0 Å². The highest BCUT2D eigenvalue weighted by Gasteiger charge is 2.39. The van der Waals surface area contributed by atoms with Gasteiger partial charge in [-0.05, 0) is 62.4 Å². The average Bonchev–Trinajstić information content (AvgIpc) is 2.95. The average molecular weight is 562 g/mol. The minimum absolute atomic E-state index is 0.0940. The summed E-state index contributed by atoms with van der Waals surface area (Å²) in [6, 6.07) is 20.6. The number of fused-ring (bicyclic) bond motifs is 1. The van der Waals surface area contributed by atoms with Crippen LogP contribution in [0.1, 0.15) is 35.1 Å². The fraction of sp³-hybridized carbons (Fsp3) is 0.355. The van der Waals surface area contributed by atoms with E-state index in [1.165, 1.54) is 4.31 Å². The van der Waals surface area contributed by atoms with Gasteiger partial charge in [0.1, 0.15) is 5.75 Å². The Morgan fingerprint density at radius 1 is 0.925 bits per heavy atom. The molecular formula is C31H35N3O5S. The lowest BCUT2D eigenvalue weighted by atomic mass is 9.95. The number of sulfonamides is 1. The summed E-state index contributed by atoms with van der Waals surface area (Å²) in [5, 5.41) is 2.91. The second-order valence-electron chi connectivity index (χ2n) is 10.6. The summed E-state index contributed by atoms with van der Waals surface area (Å²) in [5.74, 6) is -0.282. The maximum Gasteiger partial charge on any atom is 0.263 e. The number of anilines is 1. The van der Waals surface area contributed by atoms with Gasteiger partial charge in [-0.15, -0.1) is 0 Å². The summed E-state index contributed by atoms with van der Waals surface area (Å²) in [6.07, 6.45) is -0.0331. The van der Waals surface area contributed by atoms with Crippen molar-refractivity contribution in [2.75, 3.05) is 24.5 Å². The van der Waals surface area contributed by atoms with Crippen LogP contribution >= 0.6 is 0 Å². The van der Waals surface area contributed by atoms with Crippen LogP contribution in [0, 0.1) is 26.7 Å². The van der Waals surface area contributed by atoms with Crippen molar-refractivity contribution >= 4 is 27.5 Å². The molecule has 2 aliphatic heterocycles. The molecule has 5 rings (SSSR count). The molecule has 0 radical (unpaired) electrons. The molecule has 40 heavy (non-hydrogen) atoms. The first-order valence-electron chi connectivity index (χ1n) is 13.6. The number of nitrogens with zero attached hydrogens (tertiary/aromatic N) is 2. The molecule has 0 spiro atoms. The van der Waals surface area contributed by atoms with Crippen molar-refractivity contribution in [3.63, 3.8) is 0 Å². The summed E-state index contributed by atoms with van der Waals surface area (Å²) in [7, 11) is -3.68. The molecule has 2 amide bonds. The number of amides is 2. The van der Waals surface area contributed by atoms with Crippen molar-refractivity contribution in [1.29, 1.82) is 0 Å². The normalized spacial score (nSPS) is 18.1. The number of benzene rings is 3. The highest BCUT2D eigenvalue weighted by molar-refractivity contribution is 7.89. The predicted octanol–water partition coefficient (Wildman–Crippen LogP) is 4.12. The lowest BCUT2D eigenvalue weighted by Gasteiger charge is -2.38. The largest absolute Gasteiger partial charge is 0.477 e. The number of para-hydroxylation sites is 2. The molecule has 3 aromatic rings. The van der Waals surface area contributed by atoms with Gasteiger partial charge in [-0.3, -0.25) is 9.59 Å². The second-order valence-corrected chi connectivity index (χ2v) is 12.5. The van der Waals surface area contributed by atoms with Crippen LogP contribution in [-0.2, 0) is 26.2 Å². The van der Waals surface area contributed by atoms with Gasteiger partial charge in [0.15, 0.2) is 6.10 Å². The van der Waals surface area contributed by atoms with Gasteiger partial charge in [0, 0.05) is 25.6 Å². The van der Waals surface area contributed by atoms with Gasteiger partial charge >= 0.3 is 0 Å². The maximum absolute atomic E-state index is 13.8. The summed E-state index contributed by atoms with van der Waals surface area (Å²) < 4.78 is 34.6. The fourth-order valence-corrected chi connectivity index (χ4v) is 7.63. The fourth-order valence-electron chi connectivity index (χ4n) is 5.74. The van der Waals surface area contributed by atoms with Crippen LogP contribution in [0.15, 0.2) is 71.6 Å². The zero-order valence-corrected chi connectivity index (χ0v) is 23.9. The highest BCUT2D eigenvalue weighted by atomic mass is 32.2. The van der Waals surface area contributed by atoms with Gasteiger partial charge in [-0.1, -0.05) is 60.2 Å². The molecule has 0 saturated carbocycles. The third-order valence-electron chi connectivity index (χ3n) is 7.65. The lowest BCUT2D eigenvalue weighted by Crippen LogP contribution is -2.53. The van der Waals surface area contributed by atoms with E-state index in [1.807, 2.05) is 81.4 Å². The third-order valence-corrected chi connectivity index (χ3v) is 9.85. The smallest absolute Gasteiger partial charge is 0.263 e. The van der Waals surface area contributed by atoms with Crippen molar-refractivity contribution < 1.29 is 22.7 Å². The van der Waals surface area contributed by atoms with E-state index in [9.17, 15) is 18.0 Å². The molecule has 0 unspecified atom stereocenters. The standard InChI is InChI=1S/C31H35N3O5S/c1-21-17-22(2)29(23(3)18-21)40(37,38)33-15-13-25(14-16-33)31(36)34-20-28(39-27-12-8-7-11-26(27)34)30(35)32-19-24-9-5-4-6-10-24/h4-12,17-18,25,28H,13-16,19-20H2,1-3H3,(H,32,35)/t28-/m0/s1. The second kappa shape index (κ2) is 11.4. The molecule has 1 fully saturated rings. The van der Waals surface area contributed by atoms with Crippen LogP contribution in [-0.4, -0.2) is 50.3 Å². The minimum Gasteiger partial charge on any atom is -0.477 e. The Hall–Kier alpha value is -3.69. The van der Waals surface area contributed by atoms with Crippen molar-refractivity contribution in [3.05, 3.63) is 89.0 Å². The number of hydrogen-bond donors (Lipinski definition) is 1. The quantitative estimate of drug-likeness (QED) is 0.489. The lowest BCUT2D eigenvalue weighted by molar-refractivity contribution is -0.129. The molecule has 2 aliphatic rings. The number of hydrogen-bond acceptors (Lipinski definition) is 5. The zero-order valence-electron chi connectivity index (χ0n) is 23.1. The minimum atomic E-state index is -3.68. The van der Waals surface area contributed by atoms with E-state index in [4.69, 9.17) is 4.74 Å². The van der Waals surface area contributed by atoms with E-state index in [2.05, 4.69) is 5.32 Å². The van der Waals surface area contributed by atoms with E-state index < -0.39 is 16.1 Å². The Morgan fingerprint density at radius 2 is 1.55 bits per heavy atom. The molecule has 2 heterocycles. The predicted molar refractivity (Wildman–Crippen MR) is 154 cm³/mol. The Labute approximate surface area is 236 Å². The Balaban J connectivity index is 1.28. The van der Waals surface area contributed by atoms with Gasteiger partial charge in [0.05, 0.1) is 17.1 Å². The number of carbonyl (C=O) groups is 2. The first kappa shape index (κ1) is 27.9. The zero-order chi connectivity index (χ0) is 28.4. The van der Waals surface area contributed by atoms with Crippen LogP contribution in [0.25, 0.3) is 0 Å². The molecule has 9 heteroatoms. The molecular weight excluding hydrogens is 526 g/mol. The maximum atomic E-state index is 13.8. The van der Waals surface area contributed by atoms with Crippen LogP contribution in [0.5, 0.6) is 5.75 Å². The van der Waals surface area contributed by atoms with Crippen molar-refractivity contribution in [2.24, 2.45) is 5.92 Å². The van der Waals surface area contributed by atoms with Crippen LogP contribution in [0.3, 0.4) is 0 Å². The van der Waals surface area contributed by atoms with Crippen molar-refractivity contribution in [2.45, 2.75) is 51.2 Å². The van der Waals surface area contributed by atoms with Crippen LogP contribution in [0.4, 0.5) is 5.69 Å². The summed E-state index contributed by atoms with van der Waals surface area (Å²) in [6.45, 7) is 6.58. The molecule has 0 bridgehead atoms. The van der Waals surface area contributed by atoms with E-state index in [-0.39, 0.29) is 37.4 Å². The molecule has 0 aromatic heterocycles. The summed E-state index contributed by atoms with van der Waals surface area (Å²) >= 11 is 0. The van der Waals surface area contributed by atoms with Gasteiger partial charge in [-0.25, -0.2) is 8.42 Å². The summed E-state index contributed by atoms with van der Waals surface area (Å²) in [5.41, 5.74) is 4.09. The highest BCUT2D eigenvalue weighted by Crippen LogP contribution is 2.36. The van der Waals surface area contributed by atoms with E-state index in [0.717, 1.165) is 22.3 Å². The number of aryl methyl sites for hydroxylation is 3.